The lowest BCUT2D eigenvalue weighted by molar-refractivity contribution is -0.143. The number of ether oxygens (including phenoxy) is 1. The average molecular weight is 1130 g/mol. The fraction of sp³-hybridized carbons (Fsp3) is 0.919. The molecule has 0 aliphatic rings. The summed E-state index contributed by atoms with van der Waals surface area (Å²) in [6.45, 7) is 4.93. The molecule has 0 aliphatic heterocycles. The number of esters is 1. The molecule has 0 aromatic heterocycles. The van der Waals surface area contributed by atoms with Crippen molar-refractivity contribution in [2.24, 2.45) is 0 Å². The Balaban J connectivity index is 3.40. The Morgan fingerprint density at radius 2 is 0.588 bits per heavy atom. The van der Waals surface area contributed by atoms with E-state index < -0.39 is 12.1 Å². The summed E-state index contributed by atoms with van der Waals surface area (Å²) >= 11 is 0. The van der Waals surface area contributed by atoms with Crippen LogP contribution in [0.2, 0.25) is 0 Å². The Kier molecular flexibility index (Phi) is 68.4. The Bertz CT molecular complexity index is 1250. The maximum atomic E-state index is 12.5. The Morgan fingerprint density at radius 3 is 0.887 bits per heavy atom. The van der Waals surface area contributed by atoms with Crippen molar-refractivity contribution in [3.05, 3.63) is 24.3 Å². The quantitative estimate of drug-likeness (QED) is 0.0320. The van der Waals surface area contributed by atoms with Gasteiger partial charge in [0.15, 0.2) is 0 Å². The van der Waals surface area contributed by atoms with Crippen molar-refractivity contribution in [2.45, 2.75) is 424 Å². The number of aliphatic hydroxyl groups excluding tert-OH is 2. The van der Waals surface area contributed by atoms with Crippen LogP contribution in [-0.4, -0.2) is 47.4 Å². The molecule has 1 amide bonds. The molecular formula is C74H143NO5. The van der Waals surface area contributed by atoms with Gasteiger partial charge in [-0.2, -0.15) is 0 Å². The fourth-order valence-electron chi connectivity index (χ4n) is 11.6. The van der Waals surface area contributed by atoms with E-state index in [4.69, 9.17) is 4.74 Å². The smallest absolute Gasteiger partial charge is 0.305 e. The summed E-state index contributed by atoms with van der Waals surface area (Å²) in [7, 11) is 0. The number of rotatable bonds is 69. The van der Waals surface area contributed by atoms with E-state index >= 15 is 0 Å². The van der Waals surface area contributed by atoms with Gasteiger partial charge in [0.2, 0.25) is 5.91 Å². The monoisotopic (exact) mass is 1130 g/mol. The maximum Gasteiger partial charge on any atom is 0.305 e. The van der Waals surface area contributed by atoms with Crippen LogP contribution in [0.15, 0.2) is 24.3 Å². The lowest BCUT2D eigenvalue weighted by Gasteiger charge is -2.20. The van der Waals surface area contributed by atoms with Crippen LogP contribution in [0.1, 0.15) is 412 Å². The molecule has 6 heteroatoms. The van der Waals surface area contributed by atoms with Crippen molar-refractivity contribution in [1.29, 1.82) is 0 Å². The maximum absolute atomic E-state index is 12.5. The molecular weight excluding hydrogens is 983 g/mol. The van der Waals surface area contributed by atoms with E-state index in [1.807, 2.05) is 6.08 Å². The van der Waals surface area contributed by atoms with Gasteiger partial charge in [0.25, 0.3) is 0 Å². The van der Waals surface area contributed by atoms with Crippen molar-refractivity contribution >= 4 is 11.9 Å². The van der Waals surface area contributed by atoms with Crippen LogP contribution in [-0.2, 0) is 14.3 Å². The van der Waals surface area contributed by atoms with Gasteiger partial charge in [-0.1, -0.05) is 366 Å². The summed E-state index contributed by atoms with van der Waals surface area (Å²) in [5.41, 5.74) is 0. The highest BCUT2D eigenvalue weighted by Crippen LogP contribution is 2.19. The van der Waals surface area contributed by atoms with E-state index in [1.54, 1.807) is 6.08 Å². The molecule has 3 N–H and O–H groups in total. The number of hydrogen-bond acceptors (Lipinski definition) is 5. The van der Waals surface area contributed by atoms with Crippen LogP contribution in [0.3, 0.4) is 0 Å². The summed E-state index contributed by atoms with van der Waals surface area (Å²) in [6.07, 6.45) is 88.4. The highest BCUT2D eigenvalue weighted by atomic mass is 16.5. The standard InChI is InChI=1S/C74H143NO5/c1-3-5-7-9-11-13-15-17-19-20-21-22-23-24-27-30-33-36-39-42-46-50-54-58-62-66-72(77)71(70-76)75-73(78)67-63-59-55-51-47-43-40-37-34-31-28-25-26-29-32-35-38-41-45-49-53-57-61-65-69-80-74(79)68-64-60-56-52-48-44-18-16-14-12-10-8-6-4-2/h16,18,62,66,71-72,76-77H,3-15,17,19-61,63-65,67-70H2,1-2H3,(H,75,78)/b18-16-,66-62+. The van der Waals surface area contributed by atoms with E-state index in [1.165, 1.54) is 340 Å². The molecule has 0 aliphatic carbocycles. The second-order valence-corrected chi connectivity index (χ2v) is 25.3. The lowest BCUT2D eigenvalue weighted by atomic mass is 10.0. The van der Waals surface area contributed by atoms with Crippen LogP contribution >= 0.6 is 0 Å². The number of allylic oxidation sites excluding steroid dienone is 3. The zero-order valence-corrected chi connectivity index (χ0v) is 54.3. The molecule has 474 valence electrons. The largest absolute Gasteiger partial charge is 0.466 e. The number of hydrogen-bond donors (Lipinski definition) is 3. The predicted molar refractivity (Wildman–Crippen MR) is 352 cm³/mol. The van der Waals surface area contributed by atoms with Gasteiger partial charge < -0.3 is 20.3 Å². The van der Waals surface area contributed by atoms with Crippen molar-refractivity contribution in [3.8, 4) is 0 Å². The van der Waals surface area contributed by atoms with E-state index in [-0.39, 0.29) is 18.5 Å². The average Bonchev–Trinajstić information content (AvgIpc) is 3.46. The minimum Gasteiger partial charge on any atom is -0.466 e. The number of carbonyl (C=O) groups is 2. The number of nitrogens with one attached hydrogen (secondary N) is 1. The van der Waals surface area contributed by atoms with Crippen LogP contribution in [0, 0.1) is 0 Å². The Morgan fingerprint density at radius 1 is 0.338 bits per heavy atom. The van der Waals surface area contributed by atoms with Gasteiger partial charge in [-0.15, -0.1) is 0 Å². The molecule has 6 nitrogen and oxygen atoms in total. The van der Waals surface area contributed by atoms with Crippen molar-refractivity contribution in [2.75, 3.05) is 13.2 Å². The van der Waals surface area contributed by atoms with Gasteiger partial charge >= 0.3 is 5.97 Å². The van der Waals surface area contributed by atoms with Gasteiger partial charge in [-0.05, 0) is 57.8 Å². The molecule has 2 unspecified atom stereocenters. The SMILES string of the molecule is CCCCCCC/C=C\CCCCCCCC(=O)OCCCCCCCCCCCCCCCCCCCCCCCCCCC(=O)NC(CO)C(O)/C=C/CCCCCCCCCCCCCCCCCCCCCCCCC. The van der Waals surface area contributed by atoms with E-state index in [9.17, 15) is 19.8 Å². The molecule has 0 rings (SSSR count). The molecule has 0 radical (unpaired) electrons. The molecule has 0 heterocycles. The lowest BCUT2D eigenvalue weighted by Crippen LogP contribution is -2.45. The van der Waals surface area contributed by atoms with Crippen molar-refractivity contribution in [3.63, 3.8) is 0 Å². The van der Waals surface area contributed by atoms with E-state index in [0.717, 1.165) is 44.9 Å². The topological polar surface area (TPSA) is 95.9 Å². The minimum absolute atomic E-state index is 0.00736. The van der Waals surface area contributed by atoms with Gasteiger partial charge in [0.1, 0.15) is 0 Å². The first-order valence-corrected chi connectivity index (χ1v) is 36.6. The minimum atomic E-state index is -0.845. The zero-order chi connectivity index (χ0) is 57.8. The van der Waals surface area contributed by atoms with Crippen LogP contribution in [0.4, 0.5) is 0 Å². The van der Waals surface area contributed by atoms with Crippen LogP contribution < -0.4 is 5.32 Å². The van der Waals surface area contributed by atoms with Crippen molar-refractivity contribution < 1.29 is 24.5 Å². The first-order valence-electron chi connectivity index (χ1n) is 36.6. The second kappa shape index (κ2) is 69.8. The van der Waals surface area contributed by atoms with Gasteiger partial charge in [0, 0.05) is 12.8 Å². The van der Waals surface area contributed by atoms with E-state index in [0.29, 0.717) is 19.4 Å². The van der Waals surface area contributed by atoms with Gasteiger partial charge in [-0.3, -0.25) is 9.59 Å². The molecule has 0 saturated heterocycles. The third-order valence-corrected chi connectivity index (χ3v) is 17.2. The fourth-order valence-corrected chi connectivity index (χ4v) is 11.6. The molecule has 0 aromatic carbocycles. The number of amides is 1. The van der Waals surface area contributed by atoms with E-state index in [2.05, 4.69) is 31.3 Å². The Hall–Kier alpha value is -1.66. The first kappa shape index (κ1) is 78.3. The predicted octanol–water partition coefficient (Wildman–Crippen LogP) is 23.7. The normalized spacial score (nSPS) is 12.6. The summed E-state index contributed by atoms with van der Waals surface area (Å²) in [4.78, 5) is 24.6. The summed E-state index contributed by atoms with van der Waals surface area (Å²) < 4.78 is 5.49. The summed E-state index contributed by atoms with van der Waals surface area (Å²) in [5.74, 6) is -0.0546. The number of unbranched alkanes of at least 4 members (excludes halogenated alkanes) is 56. The van der Waals surface area contributed by atoms with Crippen LogP contribution in [0.25, 0.3) is 0 Å². The molecule has 0 bridgehead atoms. The highest BCUT2D eigenvalue weighted by Gasteiger charge is 2.18. The number of aliphatic hydroxyl groups is 2. The molecule has 0 saturated carbocycles. The molecule has 0 fully saturated rings. The zero-order valence-electron chi connectivity index (χ0n) is 54.3. The molecule has 2 atom stereocenters. The van der Waals surface area contributed by atoms with Crippen molar-refractivity contribution in [1.82, 2.24) is 5.32 Å². The van der Waals surface area contributed by atoms with Crippen LogP contribution in [0.5, 0.6) is 0 Å². The Labute approximate surface area is 501 Å². The number of carbonyl (C=O) groups excluding carboxylic acids is 2. The highest BCUT2D eigenvalue weighted by molar-refractivity contribution is 5.76. The second-order valence-electron chi connectivity index (χ2n) is 25.3. The molecule has 0 aromatic rings. The molecule has 0 spiro atoms. The third-order valence-electron chi connectivity index (χ3n) is 17.2. The molecule has 80 heavy (non-hydrogen) atoms. The van der Waals surface area contributed by atoms with Gasteiger partial charge in [-0.25, -0.2) is 0 Å². The summed E-state index contributed by atoms with van der Waals surface area (Å²) in [5, 5.41) is 23.3. The van der Waals surface area contributed by atoms with Gasteiger partial charge in [0.05, 0.1) is 25.4 Å². The third kappa shape index (κ3) is 65.5. The first-order chi connectivity index (χ1) is 39.5. The summed E-state index contributed by atoms with van der Waals surface area (Å²) in [6, 6.07) is -0.628.